The van der Waals surface area contributed by atoms with E-state index in [9.17, 15) is 44.3 Å². The second-order valence-corrected chi connectivity index (χ2v) is 6.32. The zero-order chi connectivity index (χ0) is 22.5. The molecule has 0 aromatic heterocycles. The SMILES string of the molecule is CC(=O)OC(COCCN1CCOCC1)CC(F)(F)C(F)(F)C(F)(F)C(F)(F)F. The quantitative estimate of drug-likeness (QED) is 0.292. The van der Waals surface area contributed by atoms with Crippen molar-refractivity contribution in [3.05, 3.63) is 0 Å². The topological polar surface area (TPSA) is 48.0 Å². The fraction of sp³-hybridized carbons (Fsp3) is 0.933. The van der Waals surface area contributed by atoms with Gasteiger partial charge in [0.2, 0.25) is 0 Å². The van der Waals surface area contributed by atoms with Crippen LogP contribution in [0.4, 0.5) is 39.5 Å². The molecule has 29 heavy (non-hydrogen) atoms. The van der Waals surface area contributed by atoms with Gasteiger partial charge in [-0.1, -0.05) is 0 Å². The summed E-state index contributed by atoms with van der Waals surface area (Å²) in [7, 11) is 0. The van der Waals surface area contributed by atoms with Crippen molar-refractivity contribution in [3.8, 4) is 0 Å². The molecule has 1 unspecified atom stereocenters. The Balaban J connectivity index is 2.75. The fourth-order valence-electron chi connectivity index (χ4n) is 2.42. The highest BCUT2D eigenvalue weighted by molar-refractivity contribution is 5.66. The van der Waals surface area contributed by atoms with E-state index in [2.05, 4.69) is 4.74 Å². The third kappa shape index (κ3) is 6.60. The molecule has 0 radical (unpaired) electrons. The Kier molecular flexibility index (Phi) is 8.60. The Morgan fingerprint density at radius 1 is 1.00 bits per heavy atom. The molecule has 1 atom stereocenters. The van der Waals surface area contributed by atoms with Gasteiger partial charge in [-0.3, -0.25) is 9.69 Å². The van der Waals surface area contributed by atoms with E-state index in [0.717, 1.165) is 6.92 Å². The molecule has 1 aliphatic heterocycles. The van der Waals surface area contributed by atoms with E-state index in [1.165, 1.54) is 0 Å². The third-order valence-corrected chi connectivity index (χ3v) is 3.99. The maximum Gasteiger partial charge on any atom is 0.460 e. The molecule has 0 bridgehead atoms. The lowest BCUT2D eigenvalue weighted by atomic mass is 9.98. The standard InChI is InChI=1S/C15H20F9NO4/c1-10(26)29-11(9-28-7-4-25-2-5-27-6-3-25)8-12(16,17)13(18,19)14(20,21)15(22,23)24/h11H,2-9H2,1H3. The van der Waals surface area contributed by atoms with E-state index < -0.39 is 49.0 Å². The summed E-state index contributed by atoms with van der Waals surface area (Å²) in [6.07, 6.45) is -11.4. The van der Waals surface area contributed by atoms with Gasteiger partial charge in [0.15, 0.2) is 0 Å². The molecular weight excluding hydrogens is 429 g/mol. The van der Waals surface area contributed by atoms with Gasteiger partial charge in [0.05, 0.1) is 32.8 Å². The normalized spacial score (nSPS) is 18.6. The Morgan fingerprint density at radius 2 is 1.55 bits per heavy atom. The minimum absolute atomic E-state index is 0.113. The van der Waals surface area contributed by atoms with Crippen LogP contribution in [0.25, 0.3) is 0 Å². The summed E-state index contributed by atoms with van der Waals surface area (Å²) in [5.41, 5.74) is 0. The fourth-order valence-corrected chi connectivity index (χ4v) is 2.42. The number of alkyl halides is 9. The predicted octanol–water partition coefficient (Wildman–Crippen LogP) is 3.13. The summed E-state index contributed by atoms with van der Waals surface area (Å²) in [5, 5.41) is 0. The maximum absolute atomic E-state index is 13.7. The van der Waals surface area contributed by atoms with Crippen LogP contribution in [-0.2, 0) is 19.0 Å². The maximum atomic E-state index is 13.7. The van der Waals surface area contributed by atoms with E-state index in [0.29, 0.717) is 26.3 Å². The van der Waals surface area contributed by atoms with Gasteiger partial charge in [-0.05, 0) is 0 Å². The lowest BCUT2D eigenvalue weighted by molar-refractivity contribution is -0.398. The number of esters is 1. The van der Waals surface area contributed by atoms with Crippen molar-refractivity contribution < 1.29 is 58.5 Å². The number of morpholine rings is 1. The molecule has 0 aliphatic carbocycles. The van der Waals surface area contributed by atoms with Crippen LogP contribution in [0.1, 0.15) is 13.3 Å². The first-order valence-corrected chi connectivity index (χ1v) is 8.37. The number of hydrogen-bond acceptors (Lipinski definition) is 5. The first-order chi connectivity index (χ1) is 13.1. The molecule has 0 saturated carbocycles. The van der Waals surface area contributed by atoms with Crippen molar-refractivity contribution in [1.29, 1.82) is 0 Å². The van der Waals surface area contributed by atoms with Crippen LogP contribution in [0.3, 0.4) is 0 Å². The number of rotatable bonds is 10. The van der Waals surface area contributed by atoms with Crippen LogP contribution in [0.2, 0.25) is 0 Å². The second-order valence-electron chi connectivity index (χ2n) is 6.32. The molecule has 0 N–H and O–H groups in total. The average Bonchev–Trinajstić information content (AvgIpc) is 2.57. The molecule has 5 nitrogen and oxygen atoms in total. The largest absolute Gasteiger partial charge is 0.460 e. The van der Waals surface area contributed by atoms with Crippen molar-refractivity contribution in [2.75, 3.05) is 46.1 Å². The van der Waals surface area contributed by atoms with E-state index in [-0.39, 0.29) is 13.2 Å². The van der Waals surface area contributed by atoms with Crippen LogP contribution in [0.15, 0.2) is 0 Å². The Morgan fingerprint density at radius 3 is 2.03 bits per heavy atom. The van der Waals surface area contributed by atoms with Gasteiger partial charge in [-0.25, -0.2) is 0 Å². The van der Waals surface area contributed by atoms with Gasteiger partial charge in [-0.15, -0.1) is 0 Å². The highest BCUT2D eigenvalue weighted by atomic mass is 19.4. The van der Waals surface area contributed by atoms with Crippen molar-refractivity contribution >= 4 is 5.97 Å². The molecule has 0 aromatic carbocycles. The Bertz CT molecular complexity index is 536. The van der Waals surface area contributed by atoms with Crippen molar-refractivity contribution in [2.24, 2.45) is 0 Å². The molecule has 1 saturated heterocycles. The molecule has 14 heteroatoms. The number of carbonyl (C=O) groups is 1. The van der Waals surface area contributed by atoms with E-state index >= 15 is 0 Å². The Hall–Kier alpha value is -1.28. The highest BCUT2D eigenvalue weighted by Crippen LogP contribution is 2.54. The average molecular weight is 449 g/mol. The summed E-state index contributed by atoms with van der Waals surface area (Å²) in [5.74, 6) is -20.8. The van der Waals surface area contributed by atoms with E-state index in [1.54, 1.807) is 0 Å². The van der Waals surface area contributed by atoms with E-state index in [1.807, 2.05) is 4.90 Å². The zero-order valence-corrected chi connectivity index (χ0v) is 15.2. The molecule has 1 fully saturated rings. The van der Waals surface area contributed by atoms with Gasteiger partial charge in [-0.2, -0.15) is 39.5 Å². The molecule has 1 rings (SSSR count). The second kappa shape index (κ2) is 9.69. The summed E-state index contributed by atoms with van der Waals surface area (Å²) < 4.78 is 131. The summed E-state index contributed by atoms with van der Waals surface area (Å²) in [4.78, 5) is 12.8. The van der Waals surface area contributed by atoms with Crippen LogP contribution in [0.5, 0.6) is 0 Å². The molecule has 0 spiro atoms. The summed E-state index contributed by atoms with van der Waals surface area (Å²) in [6.45, 7) is 2.00. The van der Waals surface area contributed by atoms with Crippen LogP contribution in [0, 0.1) is 0 Å². The summed E-state index contributed by atoms with van der Waals surface area (Å²) >= 11 is 0. The Labute approximate surface area is 160 Å². The van der Waals surface area contributed by atoms with Gasteiger partial charge < -0.3 is 14.2 Å². The third-order valence-electron chi connectivity index (χ3n) is 3.99. The van der Waals surface area contributed by atoms with Crippen molar-refractivity contribution in [3.63, 3.8) is 0 Å². The van der Waals surface area contributed by atoms with Gasteiger partial charge in [0.1, 0.15) is 6.10 Å². The highest BCUT2D eigenvalue weighted by Gasteiger charge is 2.81. The van der Waals surface area contributed by atoms with Crippen molar-refractivity contribution in [2.45, 2.75) is 43.4 Å². The first-order valence-electron chi connectivity index (χ1n) is 8.37. The number of hydrogen-bond donors (Lipinski definition) is 0. The lowest BCUT2D eigenvalue weighted by Crippen LogP contribution is -2.61. The van der Waals surface area contributed by atoms with Crippen LogP contribution >= 0.6 is 0 Å². The zero-order valence-electron chi connectivity index (χ0n) is 15.2. The first kappa shape index (κ1) is 25.8. The van der Waals surface area contributed by atoms with Gasteiger partial charge in [0.25, 0.3) is 0 Å². The summed E-state index contributed by atoms with van der Waals surface area (Å²) in [6, 6.07) is 0. The number of halogens is 9. The predicted molar refractivity (Wildman–Crippen MR) is 79.1 cm³/mol. The monoisotopic (exact) mass is 449 g/mol. The number of carbonyl (C=O) groups excluding carboxylic acids is 1. The number of nitrogens with zero attached hydrogens (tertiary/aromatic N) is 1. The minimum atomic E-state index is -7.00. The lowest BCUT2D eigenvalue weighted by Gasteiger charge is -2.35. The molecule has 1 heterocycles. The molecular formula is C15H20F9NO4. The van der Waals surface area contributed by atoms with Crippen LogP contribution < -0.4 is 0 Å². The molecule has 172 valence electrons. The molecule has 0 aromatic rings. The van der Waals surface area contributed by atoms with Gasteiger partial charge >= 0.3 is 29.9 Å². The van der Waals surface area contributed by atoms with E-state index in [4.69, 9.17) is 9.47 Å². The van der Waals surface area contributed by atoms with Gasteiger partial charge in [0, 0.05) is 26.6 Å². The molecule has 0 amide bonds. The van der Waals surface area contributed by atoms with Crippen LogP contribution in [-0.4, -0.2) is 87.0 Å². The minimum Gasteiger partial charge on any atom is -0.460 e. The smallest absolute Gasteiger partial charge is 0.460 e. The van der Waals surface area contributed by atoms with Crippen molar-refractivity contribution in [1.82, 2.24) is 4.90 Å². The molecule has 1 aliphatic rings. The number of ether oxygens (including phenoxy) is 3.